The molecule has 1 saturated carbocycles. The molecule has 4 nitrogen and oxygen atoms in total. The van der Waals surface area contributed by atoms with E-state index in [0.717, 1.165) is 18.4 Å². The fourth-order valence-corrected chi connectivity index (χ4v) is 1.52. The molecule has 0 heterocycles. The summed E-state index contributed by atoms with van der Waals surface area (Å²) in [5.41, 5.74) is 7.82. The van der Waals surface area contributed by atoms with Crippen molar-refractivity contribution in [3.8, 4) is 5.75 Å². The van der Waals surface area contributed by atoms with Crippen LogP contribution in [0.3, 0.4) is 0 Å². The van der Waals surface area contributed by atoms with E-state index < -0.39 is 0 Å². The average Bonchev–Trinajstić information content (AvgIpc) is 3.11. The molecule has 3 N–H and O–H groups in total. The minimum Gasteiger partial charge on any atom is -0.487 e. The van der Waals surface area contributed by atoms with E-state index in [0.29, 0.717) is 29.6 Å². The van der Waals surface area contributed by atoms with E-state index in [2.05, 4.69) is 11.9 Å². The molecule has 0 atom stereocenters. The van der Waals surface area contributed by atoms with Gasteiger partial charge in [-0.15, -0.1) is 0 Å². The Morgan fingerprint density at radius 3 is 2.83 bits per heavy atom. The van der Waals surface area contributed by atoms with Crippen LogP contribution >= 0.6 is 0 Å². The van der Waals surface area contributed by atoms with E-state index in [1.54, 1.807) is 18.2 Å². The van der Waals surface area contributed by atoms with Gasteiger partial charge in [0.25, 0.3) is 5.91 Å². The Hall–Kier alpha value is -1.97. The van der Waals surface area contributed by atoms with E-state index in [-0.39, 0.29) is 5.91 Å². The highest BCUT2D eigenvalue weighted by molar-refractivity contribution is 5.95. The van der Waals surface area contributed by atoms with Crippen molar-refractivity contribution >= 4 is 11.6 Å². The number of hydrogen-bond donors (Lipinski definition) is 2. The largest absolute Gasteiger partial charge is 0.487 e. The normalized spacial score (nSPS) is 14.1. The summed E-state index contributed by atoms with van der Waals surface area (Å²) in [4.78, 5) is 11.8. The van der Waals surface area contributed by atoms with Gasteiger partial charge in [0.1, 0.15) is 12.4 Å². The van der Waals surface area contributed by atoms with Crippen LogP contribution < -0.4 is 15.8 Å². The SMILES string of the molecule is C=C(C)COc1ccc(C(=O)NC2CC2)cc1N. The summed E-state index contributed by atoms with van der Waals surface area (Å²) in [5, 5.41) is 2.92. The summed E-state index contributed by atoms with van der Waals surface area (Å²) < 4.78 is 5.47. The summed E-state index contributed by atoms with van der Waals surface area (Å²) in [7, 11) is 0. The van der Waals surface area contributed by atoms with Crippen molar-refractivity contribution in [1.82, 2.24) is 5.32 Å². The molecule has 0 bridgehead atoms. The summed E-state index contributed by atoms with van der Waals surface area (Å²) in [6.07, 6.45) is 2.14. The van der Waals surface area contributed by atoms with Crippen molar-refractivity contribution in [2.45, 2.75) is 25.8 Å². The summed E-state index contributed by atoms with van der Waals surface area (Å²) in [6.45, 7) is 6.07. The molecule has 96 valence electrons. The van der Waals surface area contributed by atoms with Crippen LogP contribution in [0.15, 0.2) is 30.4 Å². The predicted molar refractivity (Wildman–Crippen MR) is 71.7 cm³/mol. The molecule has 0 aromatic heterocycles. The molecular weight excluding hydrogens is 228 g/mol. The van der Waals surface area contributed by atoms with Gasteiger partial charge in [-0.1, -0.05) is 6.58 Å². The molecule has 1 aromatic rings. The number of carbonyl (C=O) groups excluding carboxylic acids is 1. The molecule has 0 spiro atoms. The lowest BCUT2D eigenvalue weighted by Gasteiger charge is -2.10. The van der Waals surface area contributed by atoms with Gasteiger partial charge in [-0.25, -0.2) is 0 Å². The molecule has 18 heavy (non-hydrogen) atoms. The molecular formula is C14H18N2O2. The molecule has 0 unspecified atom stereocenters. The van der Waals surface area contributed by atoms with Crippen molar-refractivity contribution in [2.75, 3.05) is 12.3 Å². The predicted octanol–water partition coefficient (Wildman–Crippen LogP) is 2.12. The fraction of sp³-hybridized carbons (Fsp3) is 0.357. The Bertz CT molecular complexity index is 479. The molecule has 2 rings (SSSR count). The number of hydrogen-bond acceptors (Lipinski definition) is 3. The second-order valence-corrected chi connectivity index (χ2v) is 4.75. The maximum Gasteiger partial charge on any atom is 0.251 e. The fourth-order valence-electron chi connectivity index (χ4n) is 1.52. The Kier molecular flexibility index (Phi) is 3.55. The molecule has 0 aliphatic heterocycles. The number of ether oxygens (including phenoxy) is 1. The standard InChI is InChI=1S/C14H18N2O2/c1-9(2)8-18-13-6-3-10(7-12(13)15)14(17)16-11-4-5-11/h3,6-7,11H,1,4-5,8,15H2,2H3,(H,16,17). The molecule has 1 amide bonds. The zero-order valence-electron chi connectivity index (χ0n) is 10.5. The summed E-state index contributed by atoms with van der Waals surface area (Å²) in [5.74, 6) is 0.511. The Labute approximate surface area is 107 Å². The highest BCUT2D eigenvalue weighted by atomic mass is 16.5. The van der Waals surface area contributed by atoms with Gasteiger partial charge >= 0.3 is 0 Å². The van der Waals surface area contributed by atoms with Crippen LogP contribution in [0.25, 0.3) is 0 Å². The molecule has 1 aromatic carbocycles. The number of nitrogen functional groups attached to an aromatic ring is 1. The quantitative estimate of drug-likeness (QED) is 0.618. The minimum absolute atomic E-state index is 0.0735. The van der Waals surface area contributed by atoms with Crippen LogP contribution in [0.1, 0.15) is 30.1 Å². The van der Waals surface area contributed by atoms with Crippen LogP contribution in [0.5, 0.6) is 5.75 Å². The zero-order valence-corrected chi connectivity index (χ0v) is 10.5. The van der Waals surface area contributed by atoms with Gasteiger partial charge in [-0.2, -0.15) is 0 Å². The third-order valence-corrected chi connectivity index (χ3v) is 2.66. The second-order valence-electron chi connectivity index (χ2n) is 4.75. The van der Waals surface area contributed by atoms with E-state index >= 15 is 0 Å². The molecule has 0 saturated heterocycles. The van der Waals surface area contributed by atoms with Crippen LogP contribution in [0.4, 0.5) is 5.69 Å². The van der Waals surface area contributed by atoms with Gasteiger partial charge in [0, 0.05) is 11.6 Å². The Morgan fingerprint density at radius 1 is 1.56 bits per heavy atom. The van der Waals surface area contributed by atoms with Gasteiger partial charge in [0.05, 0.1) is 5.69 Å². The number of nitrogens with two attached hydrogens (primary N) is 1. The van der Waals surface area contributed by atoms with Crippen molar-refractivity contribution in [2.24, 2.45) is 0 Å². The minimum atomic E-state index is -0.0735. The van der Waals surface area contributed by atoms with Gasteiger partial charge in [-0.05, 0) is 43.5 Å². The highest BCUT2D eigenvalue weighted by Gasteiger charge is 2.23. The first-order valence-electron chi connectivity index (χ1n) is 6.04. The number of benzene rings is 1. The smallest absolute Gasteiger partial charge is 0.251 e. The Morgan fingerprint density at radius 2 is 2.28 bits per heavy atom. The Balaban J connectivity index is 2.03. The maximum absolute atomic E-state index is 11.8. The number of rotatable bonds is 5. The molecule has 1 aliphatic rings. The van der Waals surface area contributed by atoms with Crippen molar-refractivity contribution < 1.29 is 9.53 Å². The van der Waals surface area contributed by atoms with Crippen LogP contribution in [-0.2, 0) is 0 Å². The lowest BCUT2D eigenvalue weighted by Crippen LogP contribution is -2.25. The van der Waals surface area contributed by atoms with Crippen LogP contribution in [0, 0.1) is 0 Å². The number of carbonyl (C=O) groups is 1. The molecule has 1 fully saturated rings. The number of amides is 1. The van der Waals surface area contributed by atoms with Crippen LogP contribution in [0.2, 0.25) is 0 Å². The van der Waals surface area contributed by atoms with Crippen molar-refractivity contribution in [1.29, 1.82) is 0 Å². The zero-order chi connectivity index (χ0) is 13.1. The monoisotopic (exact) mass is 246 g/mol. The molecule has 0 radical (unpaired) electrons. The summed E-state index contributed by atoms with van der Waals surface area (Å²) >= 11 is 0. The van der Waals surface area contributed by atoms with Crippen LogP contribution in [-0.4, -0.2) is 18.6 Å². The lowest BCUT2D eigenvalue weighted by molar-refractivity contribution is 0.0951. The van der Waals surface area contributed by atoms with Gasteiger partial charge < -0.3 is 15.8 Å². The first-order valence-corrected chi connectivity index (χ1v) is 6.04. The van der Waals surface area contributed by atoms with E-state index in [1.165, 1.54) is 0 Å². The van der Waals surface area contributed by atoms with Gasteiger partial charge in [-0.3, -0.25) is 4.79 Å². The van der Waals surface area contributed by atoms with Gasteiger partial charge in [0.2, 0.25) is 0 Å². The van der Waals surface area contributed by atoms with E-state index in [9.17, 15) is 4.79 Å². The topological polar surface area (TPSA) is 64.3 Å². The third kappa shape index (κ3) is 3.26. The van der Waals surface area contributed by atoms with E-state index in [4.69, 9.17) is 10.5 Å². The number of nitrogens with one attached hydrogen (secondary N) is 1. The maximum atomic E-state index is 11.8. The van der Waals surface area contributed by atoms with Gasteiger partial charge in [0.15, 0.2) is 0 Å². The lowest BCUT2D eigenvalue weighted by atomic mass is 10.1. The third-order valence-electron chi connectivity index (χ3n) is 2.66. The highest BCUT2D eigenvalue weighted by Crippen LogP contribution is 2.24. The van der Waals surface area contributed by atoms with Crippen molar-refractivity contribution in [3.63, 3.8) is 0 Å². The number of anilines is 1. The molecule has 1 aliphatic carbocycles. The summed E-state index contributed by atoms with van der Waals surface area (Å²) in [6, 6.07) is 5.44. The van der Waals surface area contributed by atoms with Crippen molar-refractivity contribution in [3.05, 3.63) is 35.9 Å². The average molecular weight is 246 g/mol. The first-order chi connectivity index (χ1) is 8.56. The first kappa shape index (κ1) is 12.5. The second kappa shape index (κ2) is 5.12. The molecule has 4 heteroatoms. The van der Waals surface area contributed by atoms with E-state index in [1.807, 2.05) is 6.92 Å².